The summed E-state index contributed by atoms with van der Waals surface area (Å²) in [6.07, 6.45) is 1.88. The Labute approximate surface area is 116 Å². The van der Waals surface area contributed by atoms with Crippen molar-refractivity contribution < 1.29 is 9.53 Å². The highest BCUT2D eigenvalue weighted by molar-refractivity contribution is 5.69. The summed E-state index contributed by atoms with van der Waals surface area (Å²) in [6.45, 7) is 6.18. The number of rotatable bonds is 7. The number of carbonyl (C=O) groups excluding carboxylic acids is 1. The number of esters is 1. The normalized spacial score (nSPS) is 14.2. The maximum absolute atomic E-state index is 11.7. The minimum absolute atomic E-state index is 0.0135. The zero-order chi connectivity index (χ0) is 14.3. The molecule has 0 bridgehead atoms. The summed E-state index contributed by atoms with van der Waals surface area (Å²) in [5.74, 6) is 0.383. The molecule has 1 rings (SSSR count). The fourth-order valence-corrected chi connectivity index (χ4v) is 2.14. The lowest BCUT2D eigenvalue weighted by Gasteiger charge is -2.16. The van der Waals surface area contributed by atoms with Crippen LogP contribution >= 0.6 is 0 Å². The van der Waals surface area contributed by atoms with Crippen LogP contribution in [-0.2, 0) is 9.53 Å². The van der Waals surface area contributed by atoms with E-state index in [-0.39, 0.29) is 18.1 Å². The summed E-state index contributed by atoms with van der Waals surface area (Å²) in [6, 6.07) is 9.73. The van der Waals surface area contributed by atoms with Crippen LogP contribution in [0, 0.1) is 5.92 Å². The maximum atomic E-state index is 11.7. The molecule has 0 saturated heterocycles. The van der Waals surface area contributed by atoms with Gasteiger partial charge >= 0.3 is 5.97 Å². The Balaban J connectivity index is 2.30. The zero-order valence-electron chi connectivity index (χ0n) is 12.1. The molecule has 3 heteroatoms. The van der Waals surface area contributed by atoms with E-state index in [0.717, 1.165) is 12.0 Å². The molecule has 2 atom stereocenters. The molecule has 2 unspecified atom stereocenters. The van der Waals surface area contributed by atoms with Gasteiger partial charge in [-0.2, -0.15) is 0 Å². The molecule has 0 aromatic heterocycles. The monoisotopic (exact) mass is 263 g/mol. The van der Waals surface area contributed by atoms with Gasteiger partial charge in [-0.3, -0.25) is 4.79 Å². The third kappa shape index (κ3) is 6.39. The fourth-order valence-electron chi connectivity index (χ4n) is 2.14. The molecule has 19 heavy (non-hydrogen) atoms. The topological polar surface area (TPSA) is 52.3 Å². The highest BCUT2D eigenvalue weighted by Gasteiger charge is 2.13. The Morgan fingerprint density at radius 3 is 2.42 bits per heavy atom. The highest BCUT2D eigenvalue weighted by Crippen LogP contribution is 2.16. The van der Waals surface area contributed by atoms with Crippen LogP contribution in [0.4, 0.5) is 0 Å². The lowest BCUT2D eigenvalue weighted by molar-refractivity contribution is -0.149. The van der Waals surface area contributed by atoms with Crippen molar-refractivity contribution in [2.75, 3.05) is 0 Å². The van der Waals surface area contributed by atoms with Crippen molar-refractivity contribution in [2.24, 2.45) is 11.7 Å². The van der Waals surface area contributed by atoms with Gasteiger partial charge in [-0.1, -0.05) is 44.2 Å². The molecule has 106 valence electrons. The van der Waals surface area contributed by atoms with Gasteiger partial charge in [0, 0.05) is 12.5 Å². The van der Waals surface area contributed by atoms with Crippen LogP contribution in [0.15, 0.2) is 30.3 Å². The summed E-state index contributed by atoms with van der Waals surface area (Å²) < 4.78 is 5.35. The molecule has 0 aliphatic carbocycles. The number of hydrogen-bond donors (Lipinski definition) is 1. The molecular weight excluding hydrogens is 238 g/mol. The Kier molecular flexibility index (Phi) is 6.57. The first-order valence-electron chi connectivity index (χ1n) is 6.99. The van der Waals surface area contributed by atoms with Crippen LogP contribution in [0.2, 0.25) is 0 Å². The van der Waals surface area contributed by atoms with E-state index in [4.69, 9.17) is 10.5 Å². The number of ether oxygens (including phenoxy) is 1. The van der Waals surface area contributed by atoms with Gasteiger partial charge in [0.25, 0.3) is 0 Å². The first kappa shape index (κ1) is 15.7. The second-order valence-electron chi connectivity index (χ2n) is 5.49. The van der Waals surface area contributed by atoms with E-state index in [9.17, 15) is 4.79 Å². The predicted octanol–water partition coefficient (Wildman–Crippen LogP) is 3.44. The number of carbonyl (C=O) groups is 1. The van der Waals surface area contributed by atoms with Gasteiger partial charge in [-0.05, 0) is 31.2 Å². The smallest absolute Gasteiger partial charge is 0.306 e. The standard InChI is InChI=1S/C16H25NO2/c1-12(2)11-13(3)19-16(18)10-9-15(17)14-7-5-4-6-8-14/h4-8,12-13,15H,9-11,17H2,1-3H3. The Bertz CT molecular complexity index is 376. The van der Waals surface area contributed by atoms with Gasteiger partial charge in [-0.25, -0.2) is 0 Å². The SMILES string of the molecule is CC(C)CC(C)OC(=O)CCC(N)c1ccccc1. The largest absolute Gasteiger partial charge is 0.463 e. The molecule has 0 amide bonds. The second-order valence-corrected chi connectivity index (χ2v) is 5.49. The van der Waals surface area contributed by atoms with Crippen molar-refractivity contribution in [3.05, 3.63) is 35.9 Å². The summed E-state index contributed by atoms with van der Waals surface area (Å²) in [7, 11) is 0. The molecule has 0 spiro atoms. The first-order chi connectivity index (χ1) is 8.99. The van der Waals surface area contributed by atoms with Crippen LogP contribution in [0.1, 0.15) is 51.6 Å². The zero-order valence-corrected chi connectivity index (χ0v) is 12.1. The van der Waals surface area contributed by atoms with Gasteiger partial charge in [0.2, 0.25) is 0 Å². The van der Waals surface area contributed by atoms with Crippen molar-refractivity contribution in [3.63, 3.8) is 0 Å². The van der Waals surface area contributed by atoms with Crippen molar-refractivity contribution in [3.8, 4) is 0 Å². The van der Waals surface area contributed by atoms with Gasteiger partial charge in [0.05, 0.1) is 6.10 Å². The van der Waals surface area contributed by atoms with Crippen LogP contribution in [0.25, 0.3) is 0 Å². The minimum atomic E-state index is -0.153. The molecule has 1 aromatic rings. The molecule has 0 aliphatic rings. The average Bonchev–Trinajstić information content (AvgIpc) is 2.36. The molecule has 0 aliphatic heterocycles. The Morgan fingerprint density at radius 2 is 1.84 bits per heavy atom. The van der Waals surface area contributed by atoms with Gasteiger partial charge in [0.1, 0.15) is 0 Å². The van der Waals surface area contributed by atoms with Crippen molar-refractivity contribution in [1.82, 2.24) is 0 Å². The minimum Gasteiger partial charge on any atom is -0.463 e. The van der Waals surface area contributed by atoms with E-state index in [0.29, 0.717) is 18.8 Å². The molecule has 0 heterocycles. The second kappa shape index (κ2) is 7.95. The molecular formula is C16H25NO2. The fraction of sp³-hybridized carbons (Fsp3) is 0.562. The molecule has 0 radical (unpaired) electrons. The lowest BCUT2D eigenvalue weighted by Crippen LogP contribution is -2.18. The predicted molar refractivity (Wildman–Crippen MR) is 77.6 cm³/mol. The van der Waals surface area contributed by atoms with E-state index in [1.165, 1.54) is 0 Å². The van der Waals surface area contributed by atoms with Crippen molar-refractivity contribution in [1.29, 1.82) is 0 Å². The van der Waals surface area contributed by atoms with Crippen LogP contribution in [0.5, 0.6) is 0 Å². The van der Waals surface area contributed by atoms with E-state index in [1.807, 2.05) is 37.3 Å². The number of nitrogens with two attached hydrogens (primary N) is 1. The van der Waals surface area contributed by atoms with Crippen LogP contribution in [0.3, 0.4) is 0 Å². The van der Waals surface area contributed by atoms with Crippen LogP contribution in [-0.4, -0.2) is 12.1 Å². The van der Waals surface area contributed by atoms with Crippen molar-refractivity contribution in [2.45, 2.75) is 52.2 Å². The van der Waals surface area contributed by atoms with Crippen molar-refractivity contribution >= 4 is 5.97 Å². The van der Waals surface area contributed by atoms with E-state index < -0.39 is 0 Å². The molecule has 0 fully saturated rings. The van der Waals surface area contributed by atoms with Gasteiger partial charge < -0.3 is 10.5 Å². The Hall–Kier alpha value is -1.35. The summed E-state index contributed by atoms with van der Waals surface area (Å²) >= 11 is 0. The molecule has 3 nitrogen and oxygen atoms in total. The average molecular weight is 263 g/mol. The molecule has 2 N–H and O–H groups in total. The molecule has 0 saturated carbocycles. The number of benzene rings is 1. The van der Waals surface area contributed by atoms with Gasteiger partial charge in [-0.15, -0.1) is 0 Å². The summed E-state index contributed by atoms with van der Waals surface area (Å²) in [5.41, 5.74) is 7.11. The summed E-state index contributed by atoms with van der Waals surface area (Å²) in [5, 5.41) is 0. The quantitative estimate of drug-likeness (QED) is 0.767. The van der Waals surface area contributed by atoms with E-state index in [2.05, 4.69) is 13.8 Å². The lowest BCUT2D eigenvalue weighted by atomic mass is 10.0. The third-order valence-corrected chi connectivity index (χ3v) is 3.02. The van der Waals surface area contributed by atoms with Crippen LogP contribution < -0.4 is 5.73 Å². The van der Waals surface area contributed by atoms with E-state index in [1.54, 1.807) is 0 Å². The van der Waals surface area contributed by atoms with E-state index >= 15 is 0 Å². The third-order valence-electron chi connectivity index (χ3n) is 3.02. The highest BCUT2D eigenvalue weighted by atomic mass is 16.5. The van der Waals surface area contributed by atoms with Gasteiger partial charge in [0.15, 0.2) is 0 Å². The molecule has 1 aromatic carbocycles. The first-order valence-corrected chi connectivity index (χ1v) is 6.99. The maximum Gasteiger partial charge on any atom is 0.306 e. The number of hydrogen-bond acceptors (Lipinski definition) is 3. The summed E-state index contributed by atoms with van der Waals surface area (Å²) in [4.78, 5) is 11.7. The Morgan fingerprint density at radius 1 is 1.21 bits per heavy atom.